The molecule has 1 atom stereocenters. The van der Waals surface area contributed by atoms with Crippen molar-refractivity contribution in [3.8, 4) is 5.75 Å². The second kappa shape index (κ2) is 12.3. The number of likely N-dealkylation sites (tertiary alicyclic amines) is 1. The molecule has 31 heavy (non-hydrogen) atoms. The zero-order chi connectivity index (χ0) is 21.9. The number of benzene rings is 1. The number of thiophene rings is 1. The third kappa shape index (κ3) is 7.56. The minimum atomic E-state index is -0.0971. The van der Waals surface area contributed by atoms with Crippen LogP contribution in [-0.4, -0.2) is 56.1 Å². The molecule has 2 heterocycles. The summed E-state index contributed by atoms with van der Waals surface area (Å²) < 4.78 is 5.82. The molecule has 1 saturated heterocycles. The van der Waals surface area contributed by atoms with E-state index in [-0.39, 0.29) is 5.91 Å². The zero-order valence-corrected chi connectivity index (χ0v) is 19.2. The Balaban J connectivity index is 1.51. The lowest BCUT2D eigenvalue weighted by molar-refractivity contribution is -0.114. The highest BCUT2D eigenvalue weighted by atomic mass is 32.1. The van der Waals surface area contributed by atoms with Gasteiger partial charge in [-0.15, -0.1) is 11.3 Å². The normalized spacial score (nSPS) is 15.5. The number of nitrogens with zero attached hydrogens (tertiary/aromatic N) is 2. The highest BCUT2D eigenvalue weighted by Gasteiger charge is 2.24. The number of nitrogens with one attached hydrogen (secondary N) is 3. The van der Waals surface area contributed by atoms with Crippen LogP contribution in [0.15, 0.2) is 46.8 Å². The molecule has 3 rings (SSSR count). The molecule has 8 heteroatoms. The first-order valence-corrected chi connectivity index (χ1v) is 11.8. The molecule has 0 bridgehead atoms. The number of guanidine groups is 1. The third-order valence-electron chi connectivity index (χ3n) is 5.04. The molecule has 7 nitrogen and oxygen atoms in total. The largest absolute Gasteiger partial charge is 0.492 e. The number of carbonyl (C=O) groups excluding carboxylic acids is 1. The number of hydrogen-bond donors (Lipinski definition) is 3. The van der Waals surface area contributed by atoms with Crippen molar-refractivity contribution in [3.05, 3.63) is 46.7 Å². The van der Waals surface area contributed by atoms with Crippen molar-refractivity contribution in [2.75, 3.05) is 44.6 Å². The van der Waals surface area contributed by atoms with Gasteiger partial charge in [0, 0.05) is 30.1 Å². The Morgan fingerprint density at radius 1 is 1.23 bits per heavy atom. The second-order valence-electron chi connectivity index (χ2n) is 7.48. The Labute approximate surface area is 188 Å². The molecule has 1 unspecified atom stereocenters. The number of rotatable bonds is 10. The number of ether oxygens (including phenoxy) is 1. The van der Waals surface area contributed by atoms with Crippen LogP contribution in [0.3, 0.4) is 0 Å². The van der Waals surface area contributed by atoms with Crippen LogP contribution in [0.2, 0.25) is 0 Å². The average Bonchev–Trinajstić information content (AvgIpc) is 3.46. The molecule has 1 aromatic heterocycles. The number of carbonyl (C=O) groups is 1. The molecule has 0 aliphatic carbocycles. The third-order valence-corrected chi connectivity index (χ3v) is 6.01. The number of aliphatic imine (C=N–C) groups is 1. The van der Waals surface area contributed by atoms with Crippen molar-refractivity contribution < 1.29 is 9.53 Å². The SMILES string of the molecule is CCNC(=NCC(c1cccs1)N1CCCC1)NCCOc1cccc(NC(C)=O)c1. The second-order valence-corrected chi connectivity index (χ2v) is 8.46. The van der Waals surface area contributed by atoms with E-state index in [1.165, 1.54) is 24.6 Å². The van der Waals surface area contributed by atoms with Crippen LogP contribution in [0.5, 0.6) is 5.75 Å². The summed E-state index contributed by atoms with van der Waals surface area (Å²) in [7, 11) is 0. The number of hydrogen-bond acceptors (Lipinski definition) is 5. The summed E-state index contributed by atoms with van der Waals surface area (Å²) in [4.78, 5) is 20.0. The lowest BCUT2D eigenvalue weighted by atomic mass is 10.2. The van der Waals surface area contributed by atoms with Gasteiger partial charge < -0.3 is 20.7 Å². The van der Waals surface area contributed by atoms with Gasteiger partial charge in [-0.1, -0.05) is 12.1 Å². The molecule has 1 aliphatic rings. The molecule has 1 amide bonds. The summed E-state index contributed by atoms with van der Waals surface area (Å²) in [6, 6.07) is 12.1. The summed E-state index contributed by atoms with van der Waals surface area (Å²) in [6.45, 7) is 8.51. The van der Waals surface area contributed by atoms with Crippen LogP contribution in [0.1, 0.15) is 37.6 Å². The van der Waals surface area contributed by atoms with E-state index in [1.54, 1.807) is 0 Å². The summed E-state index contributed by atoms with van der Waals surface area (Å²) in [5, 5.41) is 11.6. The van der Waals surface area contributed by atoms with Crippen LogP contribution in [0.4, 0.5) is 5.69 Å². The zero-order valence-electron chi connectivity index (χ0n) is 18.4. The van der Waals surface area contributed by atoms with E-state index in [0.29, 0.717) is 19.2 Å². The van der Waals surface area contributed by atoms with Crippen molar-refractivity contribution in [2.24, 2.45) is 4.99 Å². The van der Waals surface area contributed by atoms with E-state index in [4.69, 9.17) is 9.73 Å². The van der Waals surface area contributed by atoms with Crippen LogP contribution in [0, 0.1) is 0 Å². The fourth-order valence-electron chi connectivity index (χ4n) is 3.64. The fourth-order valence-corrected chi connectivity index (χ4v) is 4.50. The summed E-state index contributed by atoms with van der Waals surface area (Å²) in [6.07, 6.45) is 2.54. The number of anilines is 1. The minimum absolute atomic E-state index is 0.0971. The quantitative estimate of drug-likeness (QED) is 0.298. The Kier molecular flexibility index (Phi) is 9.17. The van der Waals surface area contributed by atoms with Crippen LogP contribution >= 0.6 is 11.3 Å². The monoisotopic (exact) mass is 443 g/mol. The van der Waals surface area contributed by atoms with Crippen LogP contribution in [0.25, 0.3) is 0 Å². The first-order valence-electron chi connectivity index (χ1n) is 11.0. The van der Waals surface area contributed by atoms with Gasteiger partial charge in [0.15, 0.2) is 5.96 Å². The molecule has 1 fully saturated rings. The van der Waals surface area contributed by atoms with Gasteiger partial charge in [0.1, 0.15) is 12.4 Å². The lowest BCUT2D eigenvalue weighted by Crippen LogP contribution is -2.40. The Morgan fingerprint density at radius 2 is 2.06 bits per heavy atom. The maximum Gasteiger partial charge on any atom is 0.221 e. The van der Waals surface area contributed by atoms with Gasteiger partial charge in [-0.2, -0.15) is 0 Å². The fraction of sp³-hybridized carbons (Fsp3) is 0.478. The molecular weight excluding hydrogens is 410 g/mol. The van der Waals surface area contributed by atoms with E-state index in [0.717, 1.165) is 43.6 Å². The first-order chi connectivity index (χ1) is 15.2. The maximum atomic E-state index is 11.2. The molecule has 3 N–H and O–H groups in total. The van der Waals surface area contributed by atoms with E-state index in [1.807, 2.05) is 35.6 Å². The molecule has 1 aliphatic heterocycles. The topological polar surface area (TPSA) is 78.0 Å². The van der Waals surface area contributed by atoms with Crippen LogP contribution in [-0.2, 0) is 4.79 Å². The summed E-state index contributed by atoms with van der Waals surface area (Å²) in [5.41, 5.74) is 0.731. The Morgan fingerprint density at radius 3 is 2.77 bits per heavy atom. The van der Waals surface area contributed by atoms with E-state index >= 15 is 0 Å². The molecule has 1 aromatic carbocycles. The van der Waals surface area contributed by atoms with Gasteiger partial charge in [0.25, 0.3) is 0 Å². The first kappa shape index (κ1) is 23.1. The van der Waals surface area contributed by atoms with E-state index in [9.17, 15) is 4.79 Å². The highest BCUT2D eigenvalue weighted by molar-refractivity contribution is 7.10. The molecule has 0 spiro atoms. The van der Waals surface area contributed by atoms with E-state index in [2.05, 4.69) is 45.3 Å². The van der Waals surface area contributed by atoms with Gasteiger partial charge in [-0.25, -0.2) is 0 Å². The van der Waals surface area contributed by atoms with Gasteiger partial charge in [0.05, 0.1) is 19.1 Å². The molecule has 2 aromatic rings. The predicted molar refractivity (Wildman–Crippen MR) is 128 cm³/mol. The maximum absolute atomic E-state index is 11.2. The molecule has 0 radical (unpaired) electrons. The van der Waals surface area contributed by atoms with Gasteiger partial charge >= 0.3 is 0 Å². The summed E-state index contributed by atoms with van der Waals surface area (Å²) >= 11 is 1.81. The molecular formula is C23H33N5O2S. The minimum Gasteiger partial charge on any atom is -0.492 e. The smallest absolute Gasteiger partial charge is 0.221 e. The van der Waals surface area contributed by atoms with Crippen molar-refractivity contribution in [1.29, 1.82) is 0 Å². The standard InChI is InChI=1S/C23H33N5O2S/c1-3-24-23(25-11-14-30-20-9-6-8-19(16-20)27-18(2)29)26-17-21(22-10-7-15-31-22)28-12-4-5-13-28/h6-10,15-16,21H,3-5,11-14,17H2,1-2H3,(H,27,29)(H2,24,25,26). The van der Waals surface area contributed by atoms with Gasteiger partial charge in [0.2, 0.25) is 5.91 Å². The van der Waals surface area contributed by atoms with Crippen molar-refractivity contribution in [2.45, 2.75) is 32.7 Å². The van der Waals surface area contributed by atoms with Crippen molar-refractivity contribution >= 4 is 28.9 Å². The molecule has 168 valence electrons. The number of amides is 1. The summed E-state index contributed by atoms with van der Waals surface area (Å²) in [5.74, 6) is 1.43. The van der Waals surface area contributed by atoms with Crippen molar-refractivity contribution in [1.82, 2.24) is 15.5 Å². The highest BCUT2D eigenvalue weighted by Crippen LogP contribution is 2.28. The van der Waals surface area contributed by atoms with Crippen LogP contribution < -0.4 is 20.7 Å². The van der Waals surface area contributed by atoms with Crippen molar-refractivity contribution in [3.63, 3.8) is 0 Å². The van der Waals surface area contributed by atoms with E-state index < -0.39 is 0 Å². The lowest BCUT2D eigenvalue weighted by Gasteiger charge is -2.25. The molecule has 0 saturated carbocycles. The average molecular weight is 444 g/mol. The van der Waals surface area contributed by atoms with Gasteiger partial charge in [-0.3, -0.25) is 14.7 Å². The Bertz CT molecular complexity index is 834. The van der Waals surface area contributed by atoms with Gasteiger partial charge in [-0.05, 0) is 56.4 Å². The Hall–Kier alpha value is -2.58. The predicted octanol–water partition coefficient (Wildman–Crippen LogP) is 3.48.